The van der Waals surface area contributed by atoms with Gasteiger partial charge in [0.05, 0.1) is 22.4 Å². The van der Waals surface area contributed by atoms with Crippen LogP contribution in [0.4, 0.5) is 14.5 Å². The number of aromatic nitrogens is 4. The van der Waals surface area contributed by atoms with Gasteiger partial charge in [-0.25, -0.2) is 13.1 Å². The van der Waals surface area contributed by atoms with Crippen LogP contribution in [0.5, 0.6) is 0 Å². The highest BCUT2D eigenvalue weighted by atomic mass is 32.2. The molecule has 1 aromatic heterocycles. The number of rotatable bonds is 7. The molecule has 12 heteroatoms. The van der Waals surface area contributed by atoms with Crippen LogP contribution < -0.4 is 5.32 Å². The Labute approximate surface area is 145 Å². The number of hydrogen-bond acceptors (Lipinski definition) is 7. The standard InChI is InChI=1S/C13H13F2N5O3S2/c14-12(15)25(22,23)10-4-2-1-3-9(10)16-11(21)7-24-13-17-18-19-20(13)8-5-6-8/h1-4,8,12H,5-7H2,(H,16,21). The second-order valence-corrected chi connectivity index (χ2v) is 8.10. The van der Waals surface area contributed by atoms with E-state index in [2.05, 4.69) is 20.8 Å². The third-order valence-corrected chi connectivity index (χ3v) is 5.76. The molecule has 8 nitrogen and oxygen atoms in total. The molecule has 1 N–H and O–H groups in total. The molecule has 1 amide bonds. The van der Waals surface area contributed by atoms with Crippen LogP contribution in [0.2, 0.25) is 0 Å². The number of thioether (sulfide) groups is 1. The first-order chi connectivity index (χ1) is 11.9. The Kier molecular flexibility index (Phi) is 4.99. The highest BCUT2D eigenvalue weighted by Gasteiger charge is 2.30. The molecule has 1 fully saturated rings. The molecular formula is C13H13F2N5O3S2. The monoisotopic (exact) mass is 389 g/mol. The zero-order valence-electron chi connectivity index (χ0n) is 12.7. The zero-order chi connectivity index (χ0) is 18.0. The largest absolute Gasteiger partial charge is 0.341 e. The van der Waals surface area contributed by atoms with Gasteiger partial charge in [0.1, 0.15) is 0 Å². The molecule has 134 valence electrons. The topological polar surface area (TPSA) is 107 Å². The number of benzene rings is 1. The predicted octanol–water partition coefficient (Wildman–Crippen LogP) is 1.74. The van der Waals surface area contributed by atoms with Crippen molar-refractivity contribution in [2.45, 2.75) is 34.7 Å². The normalized spacial score (nSPS) is 14.7. The summed E-state index contributed by atoms with van der Waals surface area (Å²) in [5, 5.41) is 14.1. The predicted molar refractivity (Wildman–Crippen MR) is 85.1 cm³/mol. The fourth-order valence-corrected chi connectivity index (χ4v) is 3.69. The minimum absolute atomic E-state index is 0.0871. The van der Waals surface area contributed by atoms with E-state index < -0.39 is 26.4 Å². The number of para-hydroxylation sites is 1. The molecule has 0 aliphatic heterocycles. The summed E-state index contributed by atoms with van der Waals surface area (Å²) in [5.74, 6) is -4.20. The number of carbonyl (C=O) groups excluding carboxylic acids is 1. The maximum absolute atomic E-state index is 12.7. The first-order valence-electron chi connectivity index (χ1n) is 7.21. The van der Waals surface area contributed by atoms with Crippen LogP contribution in [-0.2, 0) is 14.6 Å². The second-order valence-electron chi connectivity index (χ2n) is 5.28. The molecule has 0 saturated heterocycles. The van der Waals surface area contributed by atoms with E-state index >= 15 is 0 Å². The van der Waals surface area contributed by atoms with Crippen LogP contribution in [-0.4, -0.2) is 46.0 Å². The average Bonchev–Trinajstić information content (AvgIpc) is 3.31. The number of carbonyl (C=O) groups is 1. The Morgan fingerprint density at radius 3 is 2.76 bits per heavy atom. The molecule has 0 atom stereocenters. The van der Waals surface area contributed by atoms with E-state index in [1.54, 1.807) is 4.68 Å². The lowest BCUT2D eigenvalue weighted by Crippen LogP contribution is -2.19. The van der Waals surface area contributed by atoms with Crippen molar-refractivity contribution in [2.24, 2.45) is 0 Å². The maximum Gasteiger partial charge on any atom is 0.341 e. The molecule has 2 aromatic rings. The van der Waals surface area contributed by atoms with Crippen molar-refractivity contribution in [3.8, 4) is 0 Å². The third kappa shape index (κ3) is 3.95. The van der Waals surface area contributed by atoms with E-state index in [1.165, 1.54) is 18.2 Å². The zero-order valence-corrected chi connectivity index (χ0v) is 14.3. The molecule has 1 aliphatic rings. The van der Waals surface area contributed by atoms with Gasteiger partial charge in [0.15, 0.2) is 0 Å². The number of hydrogen-bond donors (Lipinski definition) is 1. The second kappa shape index (κ2) is 7.04. The molecule has 1 heterocycles. The highest BCUT2D eigenvalue weighted by Crippen LogP contribution is 2.36. The lowest BCUT2D eigenvalue weighted by molar-refractivity contribution is -0.113. The van der Waals surface area contributed by atoms with E-state index in [0.717, 1.165) is 30.7 Å². The number of alkyl halides is 2. The molecule has 0 bridgehead atoms. The van der Waals surface area contributed by atoms with E-state index in [1.807, 2.05) is 0 Å². The van der Waals surface area contributed by atoms with Crippen molar-refractivity contribution in [3.05, 3.63) is 24.3 Å². The number of sulfone groups is 1. The first kappa shape index (κ1) is 17.7. The van der Waals surface area contributed by atoms with Gasteiger partial charge in [0.25, 0.3) is 0 Å². The van der Waals surface area contributed by atoms with Gasteiger partial charge in [-0.1, -0.05) is 23.9 Å². The van der Waals surface area contributed by atoms with E-state index in [9.17, 15) is 22.0 Å². The van der Waals surface area contributed by atoms with Gasteiger partial charge in [0.2, 0.25) is 20.9 Å². The fourth-order valence-electron chi connectivity index (χ4n) is 2.06. The van der Waals surface area contributed by atoms with Crippen LogP contribution in [0, 0.1) is 0 Å². The van der Waals surface area contributed by atoms with E-state index in [-0.39, 0.29) is 17.5 Å². The number of tetrazole rings is 1. The van der Waals surface area contributed by atoms with Crippen LogP contribution in [0.15, 0.2) is 34.3 Å². The molecule has 0 radical (unpaired) electrons. The Morgan fingerprint density at radius 1 is 1.36 bits per heavy atom. The van der Waals surface area contributed by atoms with Gasteiger partial charge in [-0.15, -0.1) is 5.10 Å². The average molecular weight is 389 g/mol. The molecule has 0 spiro atoms. The number of nitrogens with zero attached hydrogens (tertiary/aromatic N) is 4. The van der Waals surface area contributed by atoms with Crippen LogP contribution in [0.25, 0.3) is 0 Å². The Morgan fingerprint density at radius 2 is 2.08 bits per heavy atom. The Balaban J connectivity index is 1.68. The minimum atomic E-state index is -4.81. The number of halogens is 2. The molecule has 1 aromatic carbocycles. The van der Waals surface area contributed by atoms with Crippen molar-refractivity contribution >= 4 is 33.2 Å². The van der Waals surface area contributed by atoms with Gasteiger partial charge in [-0.2, -0.15) is 8.78 Å². The molecule has 3 rings (SSSR count). The Bertz CT molecular complexity index is 883. The van der Waals surface area contributed by atoms with Gasteiger partial charge < -0.3 is 5.32 Å². The summed E-state index contributed by atoms with van der Waals surface area (Å²) in [7, 11) is -4.81. The smallest absolute Gasteiger partial charge is 0.324 e. The third-order valence-electron chi connectivity index (χ3n) is 3.39. The van der Waals surface area contributed by atoms with Gasteiger partial charge in [-0.3, -0.25) is 4.79 Å². The van der Waals surface area contributed by atoms with Crippen molar-refractivity contribution in [1.82, 2.24) is 20.2 Å². The number of anilines is 1. The first-order valence-corrected chi connectivity index (χ1v) is 9.74. The molecular weight excluding hydrogens is 376 g/mol. The maximum atomic E-state index is 12.7. The Hall–Kier alpha value is -2.08. The van der Waals surface area contributed by atoms with E-state index in [0.29, 0.717) is 5.16 Å². The number of nitrogens with one attached hydrogen (secondary N) is 1. The van der Waals surface area contributed by atoms with Crippen molar-refractivity contribution in [3.63, 3.8) is 0 Å². The van der Waals surface area contributed by atoms with Crippen molar-refractivity contribution in [2.75, 3.05) is 11.1 Å². The minimum Gasteiger partial charge on any atom is -0.324 e. The summed E-state index contributed by atoms with van der Waals surface area (Å²) < 4.78 is 50.5. The van der Waals surface area contributed by atoms with Gasteiger partial charge in [-0.05, 0) is 35.4 Å². The summed E-state index contributed by atoms with van der Waals surface area (Å²) in [6, 6.07) is 5.28. The van der Waals surface area contributed by atoms with Crippen LogP contribution in [0.3, 0.4) is 0 Å². The molecule has 1 saturated carbocycles. The van der Waals surface area contributed by atoms with Crippen LogP contribution >= 0.6 is 11.8 Å². The highest BCUT2D eigenvalue weighted by molar-refractivity contribution is 7.99. The summed E-state index contributed by atoms with van der Waals surface area (Å²) in [5.41, 5.74) is -0.185. The molecule has 0 unspecified atom stereocenters. The van der Waals surface area contributed by atoms with E-state index in [4.69, 9.17) is 0 Å². The van der Waals surface area contributed by atoms with Gasteiger partial charge in [0, 0.05) is 0 Å². The quantitative estimate of drug-likeness (QED) is 0.719. The summed E-state index contributed by atoms with van der Waals surface area (Å²) in [6.45, 7) is 0. The van der Waals surface area contributed by atoms with Crippen molar-refractivity contribution < 1.29 is 22.0 Å². The van der Waals surface area contributed by atoms with Crippen molar-refractivity contribution in [1.29, 1.82) is 0 Å². The lowest BCUT2D eigenvalue weighted by atomic mass is 10.3. The molecule has 25 heavy (non-hydrogen) atoms. The summed E-state index contributed by atoms with van der Waals surface area (Å²) in [6.07, 6.45) is 1.95. The molecule has 1 aliphatic carbocycles. The lowest BCUT2D eigenvalue weighted by Gasteiger charge is -2.11. The SMILES string of the molecule is O=C(CSc1nnnn1C1CC1)Nc1ccccc1S(=O)(=O)C(F)F. The fraction of sp³-hybridized carbons (Fsp3) is 0.385. The van der Waals surface area contributed by atoms with Crippen LogP contribution in [0.1, 0.15) is 18.9 Å². The summed E-state index contributed by atoms with van der Waals surface area (Å²) in [4.78, 5) is 11.4. The number of amides is 1. The van der Waals surface area contributed by atoms with Gasteiger partial charge >= 0.3 is 5.76 Å². The summed E-state index contributed by atoms with van der Waals surface area (Å²) >= 11 is 1.09.